The number of rotatable bonds is 14. The molecule has 5 atom stereocenters. The Hall–Kier alpha value is -3.89. The maximum absolute atomic E-state index is 12.3. The Morgan fingerprint density at radius 2 is 1.44 bits per heavy atom. The largest absolute Gasteiger partial charge is 0.457 e. The number of para-hydroxylation sites is 1. The maximum Gasteiger partial charge on any atom is 0.303 e. The number of ether oxygens (including phenoxy) is 5. The van der Waals surface area contributed by atoms with Gasteiger partial charge in [0.1, 0.15) is 18.3 Å². The van der Waals surface area contributed by atoms with Crippen LogP contribution < -0.4 is 0 Å². The lowest BCUT2D eigenvalue weighted by atomic mass is 9.92. The Balaban J connectivity index is 1.58. The maximum atomic E-state index is 12.3. The highest BCUT2D eigenvalue weighted by atomic mass is 16.6. The summed E-state index contributed by atoms with van der Waals surface area (Å²) in [4.78, 5) is 23.3. The first-order valence-electron chi connectivity index (χ1n) is 13.5. The highest BCUT2D eigenvalue weighted by Crippen LogP contribution is 2.32. The van der Waals surface area contributed by atoms with Crippen LogP contribution in [0.25, 0.3) is 0 Å². The van der Waals surface area contributed by atoms with Crippen LogP contribution >= 0.6 is 0 Å². The molecule has 0 radical (unpaired) electrons. The quantitative estimate of drug-likeness (QED) is 0.109. The lowest BCUT2D eigenvalue weighted by molar-refractivity contribution is -0.386. The molecule has 0 N–H and O–H groups in total. The fourth-order valence-corrected chi connectivity index (χ4v) is 4.83. The minimum Gasteiger partial charge on any atom is -0.457 e. The van der Waals surface area contributed by atoms with Crippen LogP contribution in [-0.4, -0.2) is 48.0 Å². The smallest absolute Gasteiger partial charge is 0.303 e. The van der Waals surface area contributed by atoms with Gasteiger partial charge in [0.15, 0.2) is 6.10 Å². The number of hydrogen-bond acceptors (Lipinski definition) is 8. The van der Waals surface area contributed by atoms with Gasteiger partial charge >= 0.3 is 5.97 Å². The normalized spacial score (nSPS) is 22.1. The highest BCUT2D eigenvalue weighted by molar-refractivity contribution is 5.66. The van der Waals surface area contributed by atoms with Crippen molar-refractivity contribution in [3.63, 3.8) is 0 Å². The summed E-state index contributed by atoms with van der Waals surface area (Å²) in [7, 11) is 0. The molecule has 0 unspecified atom stereocenters. The van der Waals surface area contributed by atoms with Gasteiger partial charge in [-0.3, -0.25) is 14.9 Å². The summed E-state index contributed by atoms with van der Waals surface area (Å²) >= 11 is 0. The van der Waals surface area contributed by atoms with Gasteiger partial charge in [-0.2, -0.15) is 0 Å². The van der Waals surface area contributed by atoms with E-state index in [1.807, 2.05) is 60.7 Å². The molecule has 3 aromatic rings. The van der Waals surface area contributed by atoms with E-state index in [2.05, 4.69) is 6.58 Å². The first kappa shape index (κ1) is 30.1. The molecular formula is C32H35NO8. The molecule has 4 rings (SSSR count). The molecule has 3 aromatic carbocycles. The molecule has 9 heteroatoms. The molecule has 0 saturated carbocycles. The number of hydrogen-bond donors (Lipinski definition) is 0. The van der Waals surface area contributed by atoms with Crippen molar-refractivity contribution in [2.75, 3.05) is 6.61 Å². The summed E-state index contributed by atoms with van der Waals surface area (Å²) in [6.07, 6.45) is -1.13. The molecule has 0 amide bonds. The van der Waals surface area contributed by atoms with Crippen LogP contribution in [0, 0.1) is 10.1 Å². The number of nitro benzene ring substituents is 1. The second kappa shape index (κ2) is 15.2. The average Bonchev–Trinajstić information content (AvgIpc) is 2.98. The number of carbonyl (C=O) groups is 1. The number of benzene rings is 3. The van der Waals surface area contributed by atoms with E-state index >= 15 is 0 Å². The molecule has 1 fully saturated rings. The summed E-state index contributed by atoms with van der Waals surface area (Å²) in [5.41, 5.74) is 2.33. The monoisotopic (exact) mass is 561 g/mol. The molecule has 41 heavy (non-hydrogen) atoms. The summed E-state index contributed by atoms with van der Waals surface area (Å²) in [6, 6.07) is 25.8. The molecule has 216 valence electrons. The van der Waals surface area contributed by atoms with Crippen molar-refractivity contribution in [2.45, 2.75) is 63.7 Å². The van der Waals surface area contributed by atoms with Gasteiger partial charge in [0.25, 0.3) is 5.69 Å². The Kier molecular flexibility index (Phi) is 11.2. The van der Waals surface area contributed by atoms with Crippen LogP contribution in [0.15, 0.2) is 97.6 Å². The van der Waals surface area contributed by atoms with Gasteiger partial charge in [-0.25, -0.2) is 0 Å². The van der Waals surface area contributed by atoms with Gasteiger partial charge in [-0.15, -0.1) is 6.58 Å². The van der Waals surface area contributed by atoms with E-state index in [9.17, 15) is 14.9 Å². The number of nitrogens with zero attached hydrogens (tertiary/aromatic N) is 1. The Morgan fingerprint density at radius 3 is 2.02 bits per heavy atom. The average molecular weight is 562 g/mol. The molecule has 0 bridgehead atoms. The predicted molar refractivity (Wildman–Crippen MR) is 152 cm³/mol. The second-order valence-corrected chi connectivity index (χ2v) is 9.73. The van der Waals surface area contributed by atoms with E-state index in [4.69, 9.17) is 23.7 Å². The third-order valence-electron chi connectivity index (χ3n) is 6.73. The minimum atomic E-state index is -0.858. The van der Waals surface area contributed by atoms with Crippen molar-refractivity contribution in [1.82, 2.24) is 0 Å². The van der Waals surface area contributed by atoms with E-state index in [0.29, 0.717) is 18.6 Å². The number of carbonyl (C=O) groups excluding carboxylic acids is 1. The predicted octanol–water partition coefficient (Wildman–Crippen LogP) is 5.56. The van der Waals surface area contributed by atoms with Gasteiger partial charge < -0.3 is 23.7 Å². The van der Waals surface area contributed by atoms with Gasteiger partial charge in [0.05, 0.1) is 43.0 Å². The zero-order chi connectivity index (χ0) is 29.0. The van der Waals surface area contributed by atoms with Crippen LogP contribution in [0.2, 0.25) is 0 Å². The number of nitro groups is 1. The SMILES string of the molecule is C=CC[C@H]1O[C@H](COCc2ccccc2[N+](=O)[O-])[C@@H](OC(C)=O)[C@H](OCc2ccccc2)[C@H]1OCc1ccccc1. The van der Waals surface area contributed by atoms with E-state index in [0.717, 1.165) is 11.1 Å². The second-order valence-electron chi connectivity index (χ2n) is 9.73. The zero-order valence-corrected chi connectivity index (χ0v) is 23.0. The fraction of sp³-hybridized carbons (Fsp3) is 0.344. The molecule has 1 heterocycles. The Bertz CT molecular complexity index is 1270. The molecule has 0 spiro atoms. The summed E-state index contributed by atoms with van der Waals surface area (Å²) in [6.45, 7) is 5.78. The third-order valence-corrected chi connectivity index (χ3v) is 6.73. The van der Waals surface area contributed by atoms with Crippen molar-refractivity contribution >= 4 is 11.7 Å². The summed E-state index contributed by atoms with van der Waals surface area (Å²) in [5, 5.41) is 11.4. The van der Waals surface area contributed by atoms with Crippen molar-refractivity contribution in [3.05, 3.63) is 124 Å². The molecular weight excluding hydrogens is 526 g/mol. The fourth-order valence-electron chi connectivity index (χ4n) is 4.83. The van der Waals surface area contributed by atoms with Gasteiger partial charge in [-0.1, -0.05) is 78.9 Å². The molecule has 1 aliphatic rings. The van der Waals surface area contributed by atoms with Crippen molar-refractivity contribution in [2.24, 2.45) is 0 Å². The topological polar surface area (TPSA) is 106 Å². The Labute approximate surface area is 239 Å². The molecule has 0 aliphatic carbocycles. The van der Waals surface area contributed by atoms with Crippen LogP contribution in [0.1, 0.15) is 30.0 Å². The standard InChI is InChI=1S/C32H35NO8/c1-3-12-28-30(38-19-24-13-6-4-7-14-24)32(39-20-25-15-8-5-9-16-25)31(40-23(2)34)29(41-28)22-37-21-26-17-10-11-18-27(26)33(35)36/h3-11,13-18,28-32H,1,12,19-22H2,2H3/t28-,29-,30+,31-,32-/m1/s1. The van der Waals surface area contributed by atoms with Crippen molar-refractivity contribution in [3.8, 4) is 0 Å². The van der Waals surface area contributed by atoms with E-state index in [-0.39, 0.29) is 25.5 Å². The first-order chi connectivity index (χ1) is 20.0. The minimum absolute atomic E-state index is 0.00817. The van der Waals surface area contributed by atoms with Gasteiger partial charge in [0, 0.05) is 13.0 Å². The molecule has 9 nitrogen and oxygen atoms in total. The van der Waals surface area contributed by atoms with Crippen LogP contribution in [0.5, 0.6) is 0 Å². The van der Waals surface area contributed by atoms with Crippen LogP contribution in [0.3, 0.4) is 0 Å². The third kappa shape index (κ3) is 8.55. The highest BCUT2D eigenvalue weighted by Gasteiger charge is 2.49. The van der Waals surface area contributed by atoms with Crippen molar-refractivity contribution < 1.29 is 33.4 Å². The van der Waals surface area contributed by atoms with Crippen LogP contribution in [0.4, 0.5) is 5.69 Å². The Morgan fingerprint density at radius 1 is 0.854 bits per heavy atom. The lowest BCUT2D eigenvalue weighted by Gasteiger charge is -2.45. The molecule has 1 aliphatic heterocycles. The van der Waals surface area contributed by atoms with E-state index in [1.54, 1.807) is 24.3 Å². The van der Waals surface area contributed by atoms with E-state index in [1.165, 1.54) is 13.0 Å². The lowest BCUT2D eigenvalue weighted by Crippen LogP contribution is -2.61. The summed E-state index contributed by atoms with van der Waals surface area (Å²) in [5.74, 6) is -0.500. The molecule has 1 saturated heterocycles. The van der Waals surface area contributed by atoms with Gasteiger partial charge in [-0.05, 0) is 23.6 Å². The van der Waals surface area contributed by atoms with Gasteiger partial charge in [0.2, 0.25) is 0 Å². The first-order valence-corrected chi connectivity index (χ1v) is 13.5. The van der Waals surface area contributed by atoms with Crippen molar-refractivity contribution in [1.29, 1.82) is 0 Å². The van der Waals surface area contributed by atoms with Crippen LogP contribution in [-0.2, 0) is 48.3 Å². The zero-order valence-electron chi connectivity index (χ0n) is 23.0. The summed E-state index contributed by atoms with van der Waals surface area (Å²) < 4.78 is 31.0. The molecule has 0 aromatic heterocycles. The number of esters is 1. The van der Waals surface area contributed by atoms with E-state index < -0.39 is 41.4 Å².